The number of hydrogen-bond donors (Lipinski definition) is 2. The maximum Gasteiger partial charge on any atom is 0.305 e. The van der Waals surface area contributed by atoms with E-state index in [4.69, 9.17) is 4.52 Å². The highest BCUT2D eigenvalue weighted by molar-refractivity contribution is 5.95. The van der Waals surface area contributed by atoms with E-state index in [1.807, 2.05) is 42.5 Å². The fourth-order valence-electron chi connectivity index (χ4n) is 3.93. The first-order valence-electron chi connectivity index (χ1n) is 9.61. The van der Waals surface area contributed by atoms with E-state index in [1.54, 1.807) is 0 Å². The lowest BCUT2D eigenvalue weighted by Gasteiger charge is -2.19. The topological polar surface area (TPSA) is 92.4 Å². The van der Waals surface area contributed by atoms with Crippen molar-refractivity contribution in [3.63, 3.8) is 0 Å². The van der Waals surface area contributed by atoms with Crippen LogP contribution in [-0.2, 0) is 17.6 Å². The van der Waals surface area contributed by atoms with E-state index < -0.39 is 12.0 Å². The number of benzene rings is 2. The molecule has 0 unspecified atom stereocenters. The van der Waals surface area contributed by atoms with E-state index in [-0.39, 0.29) is 18.0 Å². The fourth-order valence-corrected chi connectivity index (χ4v) is 3.93. The normalized spacial score (nSPS) is 14.9. The number of rotatable bonds is 5. The minimum atomic E-state index is -0.975. The lowest BCUT2D eigenvalue weighted by molar-refractivity contribution is -0.137. The second-order valence-electron chi connectivity index (χ2n) is 7.19. The van der Waals surface area contributed by atoms with Crippen LogP contribution in [0, 0.1) is 0 Å². The molecule has 1 atom stereocenters. The number of carboxylic acids is 1. The predicted molar refractivity (Wildman–Crippen MR) is 104 cm³/mol. The highest BCUT2D eigenvalue weighted by atomic mass is 16.5. The van der Waals surface area contributed by atoms with Gasteiger partial charge in [-0.15, -0.1) is 0 Å². The molecule has 4 rings (SSSR count). The molecule has 0 aliphatic heterocycles. The standard InChI is InChI=1S/C22H22N2O4/c25-20(26)13-18(16-11-6-8-14-7-4-5-9-15(14)16)23-22(27)21-17-10-2-1-3-12-19(17)28-24-21/h4-9,11,18H,1-3,10,12-13H2,(H,23,27)(H,25,26)/t18-/m1/s1. The Morgan fingerprint density at radius 3 is 2.71 bits per heavy atom. The van der Waals surface area contributed by atoms with E-state index in [2.05, 4.69) is 10.5 Å². The monoisotopic (exact) mass is 378 g/mol. The molecule has 0 saturated carbocycles. The van der Waals surface area contributed by atoms with Gasteiger partial charge in [0.1, 0.15) is 5.76 Å². The van der Waals surface area contributed by atoms with Crippen molar-refractivity contribution in [3.8, 4) is 0 Å². The molecule has 1 aliphatic carbocycles. The molecule has 1 amide bonds. The Morgan fingerprint density at radius 2 is 1.86 bits per heavy atom. The maximum atomic E-state index is 13.0. The van der Waals surface area contributed by atoms with Crippen LogP contribution in [0.1, 0.15) is 59.1 Å². The Kier molecular flexibility index (Phi) is 5.10. The first kappa shape index (κ1) is 18.2. The molecule has 6 heteroatoms. The number of nitrogens with zero attached hydrogens (tertiary/aromatic N) is 1. The Labute approximate surface area is 162 Å². The Morgan fingerprint density at radius 1 is 1.07 bits per heavy atom. The molecule has 6 nitrogen and oxygen atoms in total. The van der Waals surface area contributed by atoms with E-state index in [0.717, 1.165) is 59.8 Å². The van der Waals surface area contributed by atoms with E-state index in [9.17, 15) is 14.7 Å². The SMILES string of the molecule is O=C(O)C[C@@H](NC(=O)c1noc2c1CCCCC2)c1cccc2ccccc12. The first-order chi connectivity index (χ1) is 13.6. The summed E-state index contributed by atoms with van der Waals surface area (Å²) in [5.41, 5.74) is 1.93. The summed E-state index contributed by atoms with van der Waals surface area (Å²) in [6, 6.07) is 12.8. The molecule has 28 heavy (non-hydrogen) atoms. The van der Waals surface area contributed by atoms with Crippen molar-refractivity contribution in [1.29, 1.82) is 0 Å². The number of amides is 1. The third-order valence-electron chi connectivity index (χ3n) is 5.30. The molecule has 3 aromatic rings. The number of aromatic nitrogens is 1. The number of carbonyl (C=O) groups excluding carboxylic acids is 1. The lowest BCUT2D eigenvalue weighted by Crippen LogP contribution is -2.31. The number of aliphatic carboxylic acids is 1. The van der Waals surface area contributed by atoms with Gasteiger partial charge in [-0.1, -0.05) is 54.0 Å². The fraction of sp³-hybridized carbons (Fsp3) is 0.318. The maximum absolute atomic E-state index is 13.0. The number of carboxylic acid groups (broad SMARTS) is 1. The van der Waals surface area contributed by atoms with Gasteiger partial charge in [0.25, 0.3) is 5.91 Å². The van der Waals surface area contributed by atoms with E-state index >= 15 is 0 Å². The van der Waals surface area contributed by atoms with Crippen molar-refractivity contribution in [2.24, 2.45) is 0 Å². The average molecular weight is 378 g/mol. The zero-order valence-corrected chi connectivity index (χ0v) is 15.5. The van der Waals surface area contributed by atoms with Crippen LogP contribution < -0.4 is 5.32 Å². The highest BCUT2D eigenvalue weighted by Gasteiger charge is 2.26. The van der Waals surface area contributed by atoms with E-state index in [1.165, 1.54) is 0 Å². The minimum Gasteiger partial charge on any atom is -0.481 e. The summed E-state index contributed by atoms with van der Waals surface area (Å²) in [6.45, 7) is 0. The molecule has 0 radical (unpaired) electrons. The second kappa shape index (κ2) is 7.84. The molecule has 1 aliphatic rings. The summed E-state index contributed by atoms with van der Waals surface area (Å²) >= 11 is 0. The average Bonchev–Trinajstić information content (AvgIpc) is 2.95. The van der Waals surface area contributed by atoms with Gasteiger partial charge in [0.05, 0.1) is 12.5 Å². The van der Waals surface area contributed by atoms with Crippen LogP contribution in [0.15, 0.2) is 47.0 Å². The summed E-state index contributed by atoms with van der Waals surface area (Å²) in [7, 11) is 0. The third-order valence-corrected chi connectivity index (χ3v) is 5.30. The summed E-state index contributed by atoms with van der Waals surface area (Å²) in [5.74, 6) is -0.578. The van der Waals surface area contributed by atoms with Crippen molar-refractivity contribution in [3.05, 3.63) is 65.0 Å². The van der Waals surface area contributed by atoms with Gasteiger partial charge >= 0.3 is 5.97 Å². The summed E-state index contributed by atoms with van der Waals surface area (Å²) in [5, 5.41) is 18.2. The van der Waals surface area contributed by atoms with Crippen LogP contribution in [-0.4, -0.2) is 22.1 Å². The Bertz CT molecular complexity index is 1020. The van der Waals surface area contributed by atoms with Gasteiger partial charge in [-0.25, -0.2) is 0 Å². The molecular formula is C22H22N2O4. The predicted octanol–water partition coefficient (Wildman–Crippen LogP) is 4.04. The minimum absolute atomic E-state index is 0.209. The van der Waals surface area contributed by atoms with Crippen LogP contribution in [0.25, 0.3) is 10.8 Å². The molecule has 2 N–H and O–H groups in total. The summed E-state index contributed by atoms with van der Waals surface area (Å²) in [6.07, 6.45) is 4.47. The zero-order valence-electron chi connectivity index (χ0n) is 15.5. The smallest absolute Gasteiger partial charge is 0.305 e. The van der Waals surface area contributed by atoms with Gasteiger partial charge in [0.2, 0.25) is 0 Å². The number of carbonyl (C=O) groups is 2. The van der Waals surface area contributed by atoms with Crippen LogP contribution in [0.3, 0.4) is 0 Å². The van der Waals surface area contributed by atoms with Crippen LogP contribution in [0.4, 0.5) is 0 Å². The number of aryl methyl sites for hydroxylation is 1. The molecule has 0 bridgehead atoms. The number of hydrogen-bond acceptors (Lipinski definition) is 4. The number of nitrogens with one attached hydrogen (secondary N) is 1. The highest BCUT2D eigenvalue weighted by Crippen LogP contribution is 2.28. The van der Waals surface area contributed by atoms with Crippen molar-refractivity contribution in [2.75, 3.05) is 0 Å². The lowest BCUT2D eigenvalue weighted by atomic mass is 9.96. The van der Waals surface area contributed by atoms with Gasteiger partial charge in [-0.05, 0) is 35.6 Å². The molecule has 2 aromatic carbocycles. The first-order valence-corrected chi connectivity index (χ1v) is 9.61. The zero-order chi connectivity index (χ0) is 19.5. The van der Waals surface area contributed by atoms with Crippen molar-refractivity contribution in [2.45, 2.75) is 44.6 Å². The number of fused-ring (bicyclic) bond motifs is 2. The molecule has 0 saturated heterocycles. The Balaban J connectivity index is 1.67. The van der Waals surface area contributed by atoms with Crippen molar-refractivity contribution < 1.29 is 19.2 Å². The third kappa shape index (κ3) is 3.63. The second-order valence-corrected chi connectivity index (χ2v) is 7.19. The molecule has 0 fully saturated rings. The van der Waals surface area contributed by atoms with Crippen LogP contribution in [0.2, 0.25) is 0 Å². The van der Waals surface area contributed by atoms with Crippen molar-refractivity contribution >= 4 is 22.6 Å². The van der Waals surface area contributed by atoms with Crippen LogP contribution >= 0.6 is 0 Å². The van der Waals surface area contributed by atoms with Crippen LogP contribution in [0.5, 0.6) is 0 Å². The quantitative estimate of drug-likeness (QED) is 0.654. The Hall–Kier alpha value is -3.15. The van der Waals surface area contributed by atoms with Gasteiger partial charge < -0.3 is 14.9 Å². The van der Waals surface area contributed by atoms with Crippen molar-refractivity contribution in [1.82, 2.24) is 10.5 Å². The summed E-state index contributed by atoms with van der Waals surface area (Å²) in [4.78, 5) is 24.4. The van der Waals surface area contributed by atoms with Gasteiger partial charge in [0.15, 0.2) is 5.69 Å². The molecule has 0 spiro atoms. The largest absolute Gasteiger partial charge is 0.481 e. The van der Waals surface area contributed by atoms with Gasteiger partial charge in [0, 0.05) is 12.0 Å². The van der Waals surface area contributed by atoms with Gasteiger partial charge in [-0.3, -0.25) is 9.59 Å². The molecule has 144 valence electrons. The molecule has 1 aromatic heterocycles. The summed E-state index contributed by atoms with van der Waals surface area (Å²) < 4.78 is 5.40. The van der Waals surface area contributed by atoms with Gasteiger partial charge in [-0.2, -0.15) is 0 Å². The van der Waals surface area contributed by atoms with E-state index in [0.29, 0.717) is 0 Å². The molecule has 1 heterocycles. The molecular weight excluding hydrogens is 356 g/mol.